The quantitative estimate of drug-likeness (QED) is 0.755. The number of pyridine rings is 1. The van der Waals surface area contributed by atoms with E-state index >= 15 is 0 Å². The molecule has 4 heterocycles. The van der Waals surface area contributed by atoms with E-state index in [1.165, 1.54) is 0 Å². The number of hydrogen-bond donors (Lipinski definition) is 1. The van der Waals surface area contributed by atoms with E-state index in [-0.39, 0.29) is 42.0 Å². The van der Waals surface area contributed by atoms with Crippen molar-refractivity contribution in [1.82, 2.24) is 14.4 Å². The Morgan fingerprint density at radius 2 is 2.03 bits per heavy atom. The van der Waals surface area contributed by atoms with Crippen LogP contribution in [0, 0.1) is 17.8 Å². The van der Waals surface area contributed by atoms with Gasteiger partial charge in [-0.05, 0) is 55.7 Å². The predicted octanol–water partition coefficient (Wildman–Crippen LogP) is 1.89. The lowest BCUT2D eigenvalue weighted by molar-refractivity contribution is -0.135. The summed E-state index contributed by atoms with van der Waals surface area (Å²) in [4.78, 5) is 31.0. The molecule has 0 radical (unpaired) electrons. The first-order valence-electron chi connectivity index (χ1n) is 12.1. The van der Waals surface area contributed by atoms with E-state index < -0.39 is 0 Å². The predicted molar refractivity (Wildman–Crippen MR) is 122 cm³/mol. The lowest BCUT2D eigenvalue weighted by Gasteiger charge is -2.41. The van der Waals surface area contributed by atoms with Crippen LogP contribution in [0.2, 0.25) is 0 Å². The normalized spacial score (nSPS) is 30.3. The molecule has 1 N–H and O–H groups in total. The summed E-state index contributed by atoms with van der Waals surface area (Å²) in [7, 11) is 3.56. The molecule has 2 fully saturated rings. The number of allylic oxidation sites excluding steroid dienone is 2. The number of hydrogen-bond acceptors (Lipinski definition) is 5. The van der Waals surface area contributed by atoms with Gasteiger partial charge in [0.15, 0.2) is 0 Å². The lowest BCUT2D eigenvalue weighted by Crippen LogP contribution is -2.48. The highest BCUT2D eigenvalue weighted by atomic mass is 16.5. The SMILES string of the molecule is CN(C)C(=O)[C@@H]1[C@@H](CO)[C@@H]2Cn3c(ccc(C4=CCCC4)c3=O)[C@H]1N2CC1CCOCC1. The van der Waals surface area contributed by atoms with Gasteiger partial charge in [0.1, 0.15) is 0 Å². The second-order valence-electron chi connectivity index (χ2n) is 10.1. The van der Waals surface area contributed by atoms with Gasteiger partial charge in [-0.25, -0.2) is 0 Å². The van der Waals surface area contributed by atoms with Crippen molar-refractivity contribution < 1.29 is 14.6 Å². The summed E-state index contributed by atoms with van der Waals surface area (Å²) in [6, 6.07) is 3.85. The molecule has 1 aromatic rings. The fourth-order valence-electron chi connectivity index (χ4n) is 6.44. The van der Waals surface area contributed by atoms with Crippen LogP contribution in [0.4, 0.5) is 0 Å². The molecule has 2 saturated heterocycles. The van der Waals surface area contributed by atoms with E-state index in [1.807, 2.05) is 10.6 Å². The maximum Gasteiger partial charge on any atom is 0.258 e. The zero-order valence-corrected chi connectivity index (χ0v) is 19.2. The van der Waals surface area contributed by atoms with Crippen molar-refractivity contribution in [3.63, 3.8) is 0 Å². The van der Waals surface area contributed by atoms with Crippen molar-refractivity contribution in [2.45, 2.75) is 50.7 Å². The fraction of sp³-hybridized carbons (Fsp3) is 0.680. The maximum atomic E-state index is 13.6. The number of rotatable bonds is 5. The van der Waals surface area contributed by atoms with Crippen molar-refractivity contribution in [3.8, 4) is 0 Å². The average Bonchev–Trinajstić information content (AvgIpc) is 3.39. The summed E-state index contributed by atoms with van der Waals surface area (Å²) >= 11 is 0. The molecule has 1 aromatic heterocycles. The topological polar surface area (TPSA) is 75.0 Å². The van der Waals surface area contributed by atoms with Gasteiger partial charge >= 0.3 is 0 Å². The lowest BCUT2D eigenvalue weighted by atomic mass is 9.86. The number of ether oxygens (including phenoxy) is 1. The molecule has 4 atom stereocenters. The third-order valence-corrected chi connectivity index (χ3v) is 8.09. The number of carbonyl (C=O) groups is 1. The van der Waals surface area contributed by atoms with Crippen LogP contribution < -0.4 is 5.56 Å². The third kappa shape index (κ3) is 3.55. The molecule has 0 saturated carbocycles. The Hall–Kier alpha value is -1.96. The van der Waals surface area contributed by atoms with Crippen LogP contribution in [0.1, 0.15) is 49.4 Å². The number of aliphatic hydroxyl groups excluding tert-OH is 1. The monoisotopic (exact) mass is 441 g/mol. The summed E-state index contributed by atoms with van der Waals surface area (Å²) in [6.45, 7) is 2.94. The summed E-state index contributed by atoms with van der Waals surface area (Å²) in [6.07, 6.45) is 7.32. The highest BCUT2D eigenvalue weighted by molar-refractivity contribution is 5.80. The number of nitrogens with zero attached hydrogens (tertiary/aromatic N) is 3. The Balaban J connectivity index is 1.58. The number of amides is 1. The first-order chi connectivity index (χ1) is 15.5. The molecule has 1 amide bonds. The van der Waals surface area contributed by atoms with E-state index in [1.54, 1.807) is 19.0 Å². The van der Waals surface area contributed by atoms with Gasteiger partial charge < -0.3 is 19.3 Å². The number of aliphatic hydroxyl groups is 1. The van der Waals surface area contributed by atoms with Crippen LogP contribution in [0.5, 0.6) is 0 Å². The van der Waals surface area contributed by atoms with Gasteiger partial charge in [-0.1, -0.05) is 6.08 Å². The van der Waals surface area contributed by atoms with E-state index in [0.29, 0.717) is 12.5 Å². The minimum absolute atomic E-state index is 0.0141. The van der Waals surface area contributed by atoms with E-state index in [0.717, 1.165) is 68.7 Å². The van der Waals surface area contributed by atoms with Crippen molar-refractivity contribution in [2.75, 3.05) is 40.5 Å². The van der Waals surface area contributed by atoms with Gasteiger partial charge in [-0.3, -0.25) is 14.5 Å². The van der Waals surface area contributed by atoms with Crippen molar-refractivity contribution in [2.24, 2.45) is 17.8 Å². The first-order valence-corrected chi connectivity index (χ1v) is 12.1. The molecule has 0 unspecified atom stereocenters. The standard InChI is InChI=1S/C25H35N3O4/c1-26(2)25(31)22-19(15-29)21-14-28-20(8-7-18(24(28)30)17-5-3-4-6-17)23(22)27(21)13-16-9-11-32-12-10-16/h5,7-8,16,19,21-23,29H,3-4,6,9-15H2,1-2H3/t19-,21-,22+,23+/m0/s1. The number of aromatic nitrogens is 1. The molecule has 4 aliphatic rings. The van der Waals surface area contributed by atoms with Crippen LogP contribution in [0.15, 0.2) is 23.0 Å². The highest BCUT2D eigenvalue weighted by Gasteiger charge is 2.56. The zero-order valence-electron chi connectivity index (χ0n) is 19.2. The molecular formula is C25H35N3O4. The Kier molecular flexibility index (Phi) is 5.99. The summed E-state index contributed by atoms with van der Waals surface area (Å²) in [5.41, 5.74) is 2.95. The number of carbonyl (C=O) groups excluding carboxylic acids is 1. The molecule has 32 heavy (non-hydrogen) atoms. The Morgan fingerprint density at radius 1 is 1.25 bits per heavy atom. The summed E-state index contributed by atoms with van der Waals surface area (Å²) in [5.74, 6) is 0.0345. The second kappa shape index (κ2) is 8.76. The van der Waals surface area contributed by atoms with Crippen LogP contribution in [-0.2, 0) is 16.1 Å². The minimum atomic E-state index is -0.343. The largest absolute Gasteiger partial charge is 0.396 e. The Bertz CT molecular complexity index is 962. The smallest absolute Gasteiger partial charge is 0.258 e. The molecule has 7 nitrogen and oxygen atoms in total. The van der Waals surface area contributed by atoms with Gasteiger partial charge in [-0.15, -0.1) is 0 Å². The van der Waals surface area contributed by atoms with Gasteiger partial charge in [0.2, 0.25) is 5.91 Å². The third-order valence-electron chi connectivity index (χ3n) is 8.09. The van der Waals surface area contributed by atoms with Gasteiger partial charge in [0.25, 0.3) is 5.56 Å². The van der Waals surface area contributed by atoms with Crippen LogP contribution >= 0.6 is 0 Å². The van der Waals surface area contributed by atoms with Crippen molar-refractivity contribution in [1.29, 1.82) is 0 Å². The minimum Gasteiger partial charge on any atom is -0.396 e. The van der Waals surface area contributed by atoms with E-state index in [4.69, 9.17) is 4.74 Å². The summed E-state index contributed by atoms with van der Waals surface area (Å²) < 4.78 is 7.47. The van der Waals surface area contributed by atoms with Crippen LogP contribution in [-0.4, -0.2) is 71.9 Å². The number of fused-ring (bicyclic) bond motifs is 4. The van der Waals surface area contributed by atoms with Gasteiger partial charge in [0.05, 0.1) is 12.0 Å². The molecule has 1 aliphatic carbocycles. The second-order valence-corrected chi connectivity index (χ2v) is 10.1. The van der Waals surface area contributed by atoms with Crippen LogP contribution in [0.3, 0.4) is 0 Å². The fourth-order valence-corrected chi connectivity index (χ4v) is 6.44. The Labute approximate surface area is 189 Å². The Morgan fingerprint density at radius 3 is 2.69 bits per heavy atom. The summed E-state index contributed by atoms with van der Waals surface area (Å²) in [5, 5.41) is 10.4. The van der Waals surface area contributed by atoms with Crippen molar-refractivity contribution >= 4 is 11.5 Å². The first kappa shape index (κ1) is 21.9. The molecule has 3 aliphatic heterocycles. The van der Waals surface area contributed by atoms with E-state index in [9.17, 15) is 14.7 Å². The molecule has 0 aromatic carbocycles. The maximum absolute atomic E-state index is 13.6. The van der Waals surface area contributed by atoms with Gasteiger partial charge in [0, 0.05) is 70.2 Å². The van der Waals surface area contributed by atoms with Gasteiger partial charge in [-0.2, -0.15) is 0 Å². The van der Waals surface area contributed by atoms with E-state index in [2.05, 4.69) is 17.0 Å². The molecule has 7 heteroatoms. The highest BCUT2D eigenvalue weighted by Crippen LogP contribution is 2.49. The molecular weight excluding hydrogens is 406 g/mol. The van der Waals surface area contributed by atoms with Crippen LogP contribution in [0.25, 0.3) is 5.57 Å². The molecule has 174 valence electrons. The molecule has 0 spiro atoms. The molecule has 5 rings (SSSR count). The average molecular weight is 442 g/mol. The zero-order chi connectivity index (χ0) is 22.4. The van der Waals surface area contributed by atoms with Crippen molar-refractivity contribution in [3.05, 3.63) is 39.8 Å². The molecule has 2 bridgehead atoms.